The Bertz CT molecular complexity index is 850. The number of rotatable bonds is 6. The summed E-state index contributed by atoms with van der Waals surface area (Å²) >= 11 is 5.94. The van der Waals surface area contributed by atoms with Crippen molar-refractivity contribution >= 4 is 29.2 Å². The van der Waals surface area contributed by atoms with Gasteiger partial charge in [0.2, 0.25) is 5.91 Å². The van der Waals surface area contributed by atoms with Crippen molar-refractivity contribution in [3.05, 3.63) is 59.1 Å². The number of urea groups is 1. The summed E-state index contributed by atoms with van der Waals surface area (Å²) in [5, 5.41) is 6.34. The summed E-state index contributed by atoms with van der Waals surface area (Å²) in [6.45, 7) is 4.72. The number of ether oxygens (including phenoxy) is 1. The van der Waals surface area contributed by atoms with E-state index >= 15 is 0 Å². The smallest absolute Gasteiger partial charge is 0.318 e. The van der Waals surface area contributed by atoms with Crippen LogP contribution in [0.4, 0.5) is 10.5 Å². The van der Waals surface area contributed by atoms with Crippen LogP contribution in [0.3, 0.4) is 0 Å². The van der Waals surface area contributed by atoms with Gasteiger partial charge in [-0.05, 0) is 48.9 Å². The van der Waals surface area contributed by atoms with Gasteiger partial charge < -0.3 is 25.2 Å². The molecular formula is C22H27ClN4O3. The Morgan fingerprint density at radius 3 is 2.27 bits per heavy atom. The van der Waals surface area contributed by atoms with Crippen LogP contribution in [0.1, 0.15) is 12.5 Å². The molecule has 0 aromatic heterocycles. The molecule has 0 saturated carbocycles. The van der Waals surface area contributed by atoms with Crippen molar-refractivity contribution in [1.82, 2.24) is 15.5 Å². The molecule has 0 bridgehead atoms. The number of carbonyl (C=O) groups excluding carboxylic acids is 2. The van der Waals surface area contributed by atoms with Crippen LogP contribution in [0.15, 0.2) is 48.5 Å². The highest BCUT2D eigenvalue weighted by Gasteiger charge is 2.24. The average Bonchev–Trinajstić information content (AvgIpc) is 2.78. The Balaban J connectivity index is 1.42. The Morgan fingerprint density at radius 2 is 1.67 bits per heavy atom. The van der Waals surface area contributed by atoms with E-state index in [1.54, 1.807) is 18.9 Å². The van der Waals surface area contributed by atoms with Crippen LogP contribution in [0, 0.1) is 0 Å². The number of nitrogens with one attached hydrogen (secondary N) is 2. The van der Waals surface area contributed by atoms with E-state index in [0.29, 0.717) is 24.7 Å². The first kappa shape index (κ1) is 21.8. The minimum atomic E-state index is -0.620. The molecule has 3 rings (SSSR count). The van der Waals surface area contributed by atoms with E-state index in [4.69, 9.17) is 16.3 Å². The first-order valence-electron chi connectivity index (χ1n) is 9.93. The van der Waals surface area contributed by atoms with Crippen molar-refractivity contribution in [2.24, 2.45) is 0 Å². The highest BCUT2D eigenvalue weighted by molar-refractivity contribution is 6.30. The maximum absolute atomic E-state index is 12.5. The fraction of sp³-hybridized carbons (Fsp3) is 0.364. The number of nitrogens with zero attached hydrogens (tertiary/aromatic N) is 2. The normalized spacial score (nSPS) is 14.8. The molecule has 1 atom stereocenters. The van der Waals surface area contributed by atoms with Gasteiger partial charge in [-0.1, -0.05) is 23.7 Å². The first-order chi connectivity index (χ1) is 14.5. The van der Waals surface area contributed by atoms with Crippen molar-refractivity contribution in [2.75, 3.05) is 38.2 Å². The van der Waals surface area contributed by atoms with Crippen molar-refractivity contribution in [2.45, 2.75) is 19.5 Å². The van der Waals surface area contributed by atoms with Crippen LogP contribution >= 0.6 is 11.6 Å². The lowest BCUT2D eigenvalue weighted by Crippen LogP contribution is -2.55. The van der Waals surface area contributed by atoms with Crippen LogP contribution in [-0.2, 0) is 11.3 Å². The lowest BCUT2D eigenvalue weighted by molar-refractivity contribution is -0.122. The molecular weight excluding hydrogens is 404 g/mol. The first-order valence-corrected chi connectivity index (χ1v) is 10.3. The molecule has 160 valence electrons. The summed E-state index contributed by atoms with van der Waals surface area (Å²) in [5.41, 5.74) is 2.05. The Morgan fingerprint density at radius 1 is 1.03 bits per heavy atom. The van der Waals surface area contributed by atoms with E-state index in [-0.39, 0.29) is 11.9 Å². The van der Waals surface area contributed by atoms with Gasteiger partial charge in [-0.25, -0.2) is 4.79 Å². The van der Waals surface area contributed by atoms with E-state index in [1.165, 1.54) is 0 Å². The molecule has 30 heavy (non-hydrogen) atoms. The number of anilines is 1. The molecule has 2 aromatic carbocycles. The summed E-state index contributed by atoms with van der Waals surface area (Å²) in [6.07, 6.45) is 0. The number of piperazine rings is 1. The van der Waals surface area contributed by atoms with E-state index in [1.807, 2.05) is 48.5 Å². The monoisotopic (exact) mass is 430 g/mol. The largest absolute Gasteiger partial charge is 0.497 e. The summed E-state index contributed by atoms with van der Waals surface area (Å²) in [4.78, 5) is 28.8. The van der Waals surface area contributed by atoms with Crippen LogP contribution < -0.4 is 20.3 Å². The molecule has 3 amide bonds. The van der Waals surface area contributed by atoms with E-state index < -0.39 is 6.04 Å². The van der Waals surface area contributed by atoms with Gasteiger partial charge in [-0.15, -0.1) is 0 Å². The fourth-order valence-corrected chi connectivity index (χ4v) is 3.37. The summed E-state index contributed by atoms with van der Waals surface area (Å²) in [6, 6.07) is 14.3. The molecule has 0 radical (unpaired) electrons. The quantitative estimate of drug-likeness (QED) is 0.739. The lowest BCUT2D eigenvalue weighted by atomic mass is 10.2. The summed E-state index contributed by atoms with van der Waals surface area (Å²) < 4.78 is 5.12. The van der Waals surface area contributed by atoms with Crippen LogP contribution in [0.2, 0.25) is 5.02 Å². The Hall–Kier alpha value is -2.93. The Labute approximate surface area is 181 Å². The number of hydrogen-bond acceptors (Lipinski definition) is 4. The zero-order valence-electron chi connectivity index (χ0n) is 17.2. The predicted molar refractivity (Wildman–Crippen MR) is 118 cm³/mol. The van der Waals surface area contributed by atoms with E-state index in [0.717, 1.165) is 30.1 Å². The third-order valence-electron chi connectivity index (χ3n) is 5.12. The molecule has 0 aliphatic carbocycles. The molecule has 2 N–H and O–H groups in total. The SMILES string of the molecule is COc1ccc(CNC(=O)[C@@H](C)NC(=O)N2CCN(c3ccc(Cl)cc3)CC2)cc1. The number of halogens is 1. The molecule has 1 saturated heterocycles. The molecule has 2 aromatic rings. The van der Waals surface area contributed by atoms with Gasteiger partial charge in [-0.2, -0.15) is 0 Å². The maximum Gasteiger partial charge on any atom is 0.318 e. The van der Waals surface area contributed by atoms with Crippen LogP contribution in [0.5, 0.6) is 5.75 Å². The molecule has 7 nitrogen and oxygen atoms in total. The van der Waals surface area contributed by atoms with Gasteiger partial charge in [0.25, 0.3) is 0 Å². The molecule has 1 heterocycles. The number of methoxy groups -OCH3 is 1. The van der Waals surface area contributed by atoms with E-state index in [9.17, 15) is 9.59 Å². The molecule has 1 aliphatic rings. The topological polar surface area (TPSA) is 73.9 Å². The molecule has 8 heteroatoms. The van der Waals surface area contributed by atoms with Gasteiger partial charge in [0, 0.05) is 43.4 Å². The van der Waals surface area contributed by atoms with Crippen LogP contribution in [0.25, 0.3) is 0 Å². The lowest BCUT2D eigenvalue weighted by Gasteiger charge is -2.36. The molecule has 1 aliphatic heterocycles. The minimum Gasteiger partial charge on any atom is -0.497 e. The van der Waals surface area contributed by atoms with Gasteiger partial charge in [0.15, 0.2) is 0 Å². The zero-order valence-corrected chi connectivity index (χ0v) is 18.0. The van der Waals surface area contributed by atoms with Gasteiger partial charge >= 0.3 is 6.03 Å². The second kappa shape index (κ2) is 10.2. The fourth-order valence-electron chi connectivity index (χ4n) is 3.25. The van der Waals surface area contributed by atoms with Gasteiger partial charge in [0.1, 0.15) is 11.8 Å². The molecule has 0 spiro atoms. The van der Waals surface area contributed by atoms with Crippen molar-refractivity contribution in [3.63, 3.8) is 0 Å². The van der Waals surface area contributed by atoms with Crippen LogP contribution in [-0.4, -0.2) is 56.2 Å². The number of amides is 3. The maximum atomic E-state index is 12.5. The highest BCUT2D eigenvalue weighted by Crippen LogP contribution is 2.19. The number of hydrogen-bond donors (Lipinski definition) is 2. The molecule has 1 fully saturated rings. The summed E-state index contributed by atoms with van der Waals surface area (Å²) in [5.74, 6) is 0.542. The standard InChI is InChI=1S/C22H27ClN4O3/c1-16(21(28)24-15-17-3-9-20(30-2)10-4-17)25-22(29)27-13-11-26(12-14-27)19-7-5-18(23)6-8-19/h3-10,16H,11-15H2,1-2H3,(H,24,28)(H,25,29)/t16-/m1/s1. The van der Waals surface area contributed by atoms with Gasteiger partial charge in [0.05, 0.1) is 7.11 Å². The second-order valence-corrected chi connectivity index (χ2v) is 7.62. The average molecular weight is 431 g/mol. The molecule has 0 unspecified atom stereocenters. The van der Waals surface area contributed by atoms with Crippen molar-refractivity contribution in [3.8, 4) is 5.75 Å². The van der Waals surface area contributed by atoms with Crippen molar-refractivity contribution < 1.29 is 14.3 Å². The predicted octanol–water partition coefficient (Wildman–Crippen LogP) is 2.89. The number of carbonyl (C=O) groups is 2. The van der Waals surface area contributed by atoms with E-state index in [2.05, 4.69) is 15.5 Å². The van der Waals surface area contributed by atoms with Gasteiger partial charge in [-0.3, -0.25) is 4.79 Å². The highest BCUT2D eigenvalue weighted by atomic mass is 35.5. The third kappa shape index (κ3) is 5.79. The zero-order chi connectivity index (χ0) is 21.5. The Kier molecular flexibility index (Phi) is 7.41. The summed E-state index contributed by atoms with van der Waals surface area (Å²) in [7, 11) is 1.61. The van der Waals surface area contributed by atoms with Crippen molar-refractivity contribution in [1.29, 1.82) is 0 Å². The third-order valence-corrected chi connectivity index (χ3v) is 5.37. The number of benzene rings is 2. The second-order valence-electron chi connectivity index (χ2n) is 7.19. The minimum absolute atomic E-state index is 0.223.